The van der Waals surface area contributed by atoms with E-state index < -0.39 is 21.8 Å². The van der Waals surface area contributed by atoms with Crippen molar-refractivity contribution in [2.75, 3.05) is 11.5 Å². The minimum absolute atomic E-state index is 0.0265. The van der Waals surface area contributed by atoms with Gasteiger partial charge >= 0.3 is 0 Å². The van der Waals surface area contributed by atoms with E-state index in [1.807, 2.05) is 0 Å². The molecule has 1 aromatic rings. The van der Waals surface area contributed by atoms with E-state index in [0.717, 1.165) is 0 Å². The molecular weight excluding hydrogens is 323 g/mol. The molecule has 0 fully saturated rings. The summed E-state index contributed by atoms with van der Waals surface area (Å²) in [4.78, 5) is 0. The van der Waals surface area contributed by atoms with E-state index in [9.17, 15) is 17.9 Å². The molecule has 0 aliphatic rings. The average molecular weight is 339 g/mol. The number of halogens is 2. The fourth-order valence-electron chi connectivity index (χ4n) is 1.57. The van der Waals surface area contributed by atoms with E-state index in [1.165, 1.54) is 12.1 Å². The van der Waals surface area contributed by atoms with Crippen molar-refractivity contribution in [3.63, 3.8) is 0 Å². The zero-order valence-corrected chi connectivity index (χ0v) is 12.5. The molecule has 0 aromatic heterocycles. The third-order valence-corrected chi connectivity index (χ3v) is 4.98. The highest BCUT2D eigenvalue weighted by Gasteiger charge is 2.14. The predicted molar refractivity (Wildman–Crippen MR) is 72.6 cm³/mol. The monoisotopic (exact) mass is 338 g/mol. The van der Waals surface area contributed by atoms with Crippen LogP contribution in [0.15, 0.2) is 22.7 Å². The van der Waals surface area contributed by atoms with Crippen LogP contribution in [0.25, 0.3) is 0 Å². The Labute approximate surface area is 115 Å². The number of rotatable bonds is 6. The molecule has 0 saturated heterocycles. The summed E-state index contributed by atoms with van der Waals surface area (Å²) in [5.41, 5.74) is 0.201. The van der Waals surface area contributed by atoms with Crippen LogP contribution in [0.3, 0.4) is 0 Å². The Bertz CT molecular complexity index is 502. The fraction of sp³-hybridized carbons (Fsp3) is 0.500. The minimum Gasteiger partial charge on any atom is -0.388 e. The Morgan fingerprint density at radius 1 is 1.44 bits per heavy atom. The maximum atomic E-state index is 13.5. The third kappa shape index (κ3) is 4.66. The fourth-order valence-corrected chi connectivity index (χ4v) is 2.80. The van der Waals surface area contributed by atoms with Crippen LogP contribution in [0, 0.1) is 5.82 Å². The van der Waals surface area contributed by atoms with E-state index in [4.69, 9.17) is 0 Å². The van der Waals surface area contributed by atoms with Crippen molar-refractivity contribution in [1.29, 1.82) is 0 Å². The summed E-state index contributed by atoms with van der Waals surface area (Å²) < 4.78 is 36.7. The van der Waals surface area contributed by atoms with E-state index in [-0.39, 0.29) is 23.5 Å². The molecule has 1 aromatic carbocycles. The van der Waals surface area contributed by atoms with Gasteiger partial charge in [-0.15, -0.1) is 0 Å². The lowest BCUT2D eigenvalue weighted by molar-refractivity contribution is 0.162. The molecule has 0 heterocycles. The van der Waals surface area contributed by atoms with Gasteiger partial charge in [-0.3, -0.25) is 0 Å². The van der Waals surface area contributed by atoms with Crippen LogP contribution in [-0.4, -0.2) is 25.0 Å². The van der Waals surface area contributed by atoms with Gasteiger partial charge in [0, 0.05) is 15.8 Å². The van der Waals surface area contributed by atoms with Gasteiger partial charge in [-0.05, 0) is 25.0 Å². The number of aliphatic hydroxyl groups excluding tert-OH is 1. The van der Waals surface area contributed by atoms with Crippen molar-refractivity contribution in [3.05, 3.63) is 34.1 Å². The zero-order valence-electron chi connectivity index (χ0n) is 10.1. The molecule has 0 bridgehead atoms. The molecule has 0 aliphatic heterocycles. The molecule has 0 aliphatic carbocycles. The first-order valence-electron chi connectivity index (χ1n) is 5.69. The Kier molecular flexibility index (Phi) is 5.75. The van der Waals surface area contributed by atoms with Crippen molar-refractivity contribution in [1.82, 2.24) is 0 Å². The van der Waals surface area contributed by atoms with Gasteiger partial charge in [0.05, 0.1) is 11.9 Å². The highest BCUT2D eigenvalue weighted by molar-refractivity contribution is 9.10. The van der Waals surface area contributed by atoms with Crippen LogP contribution >= 0.6 is 15.9 Å². The molecule has 0 spiro atoms. The normalized spacial score (nSPS) is 13.6. The van der Waals surface area contributed by atoms with Gasteiger partial charge in [0.25, 0.3) is 0 Å². The van der Waals surface area contributed by atoms with Gasteiger partial charge in [0.15, 0.2) is 0 Å². The van der Waals surface area contributed by atoms with Gasteiger partial charge in [0.2, 0.25) is 0 Å². The van der Waals surface area contributed by atoms with E-state index in [0.29, 0.717) is 10.9 Å². The molecule has 1 atom stereocenters. The molecular formula is C12H16BrFO3S. The van der Waals surface area contributed by atoms with Crippen molar-refractivity contribution < 1.29 is 17.9 Å². The van der Waals surface area contributed by atoms with Gasteiger partial charge in [-0.25, -0.2) is 12.8 Å². The van der Waals surface area contributed by atoms with Crippen LogP contribution in [0.5, 0.6) is 0 Å². The van der Waals surface area contributed by atoms with E-state index in [1.54, 1.807) is 13.0 Å². The first kappa shape index (κ1) is 15.6. The minimum atomic E-state index is -3.03. The van der Waals surface area contributed by atoms with Crippen LogP contribution in [0.1, 0.15) is 31.4 Å². The Hall–Kier alpha value is -0.460. The second kappa shape index (κ2) is 6.63. The summed E-state index contributed by atoms with van der Waals surface area (Å²) in [6.45, 7) is 1.58. The number of aliphatic hydroxyl groups is 1. The highest BCUT2D eigenvalue weighted by Crippen LogP contribution is 2.24. The summed E-state index contributed by atoms with van der Waals surface area (Å²) in [6.07, 6.45) is -0.407. The second-order valence-corrected chi connectivity index (χ2v) is 7.45. The standard InChI is InChI=1S/C12H16BrFO3S/c1-2-18(16,17)7-3-4-12(15)10-6-5-9(13)8-11(10)14/h5-6,8,12,15H,2-4,7H2,1H3. The highest BCUT2D eigenvalue weighted by atomic mass is 79.9. The first-order chi connectivity index (χ1) is 8.35. The first-order valence-corrected chi connectivity index (χ1v) is 8.30. The predicted octanol–water partition coefficient (Wildman–Crippen LogP) is 2.84. The molecule has 3 nitrogen and oxygen atoms in total. The Morgan fingerprint density at radius 2 is 2.11 bits per heavy atom. The summed E-state index contributed by atoms with van der Waals surface area (Å²) in [5.74, 6) is -0.371. The maximum absolute atomic E-state index is 13.5. The third-order valence-electron chi connectivity index (χ3n) is 2.69. The number of benzene rings is 1. The lowest BCUT2D eigenvalue weighted by Gasteiger charge is -2.12. The topological polar surface area (TPSA) is 54.4 Å². The molecule has 1 rings (SSSR count). The van der Waals surface area contributed by atoms with Crippen molar-refractivity contribution in [2.45, 2.75) is 25.9 Å². The number of sulfone groups is 1. The van der Waals surface area contributed by atoms with Crippen LogP contribution in [-0.2, 0) is 9.84 Å². The lowest BCUT2D eigenvalue weighted by atomic mass is 10.1. The second-order valence-electron chi connectivity index (χ2n) is 4.06. The van der Waals surface area contributed by atoms with Crippen molar-refractivity contribution in [3.8, 4) is 0 Å². The van der Waals surface area contributed by atoms with Crippen LogP contribution < -0.4 is 0 Å². The quantitative estimate of drug-likeness (QED) is 0.867. The summed E-state index contributed by atoms with van der Waals surface area (Å²) in [5, 5.41) is 9.81. The van der Waals surface area contributed by atoms with Crippen LogP contribution in [0.2, 0.25) is 0 Å². The summed E-state index contributed by atoms with van der Waals surface area (Å²) in [6, 6.07) is 4.42. The smallest absolute Gasteiger partial charge is 0.150 e. The zero-order chi connectivity index (χ0) is 13.8. The molecule has 0 amide bonds. The summed E-state index contributed by atoms with van der Waals surface area (Å²) in [7, 11) is -3.03. The SMILES string of the molecule is CCS(=O)(=O)CCCC(O)c1ccc(Br)cc1F. The lowest BCUT2D eigenvalue weighted by Crippen LogP contribution is -2.10. The molecule has 1 unspecified atom stereocenters. The van der Waals surface area contributed by atoms with Gasteiger partial charge < -0.3 is 5.11 Å². The molecule has 1 N–H and O–H groups in total. The van der Waals surface area contributed by atoms with Gasteiger partial charge in [-0.2, -0.15) is 0 Å². The van der Waals surface area contributed by atoms with E-state index in [2.05, 4.69) is 15.9 Å². The Morgan fingerprint density at radius 3 is 2.67 bits per heavy atom. The Balaban J connectivity index is 2.58. The maximum Gasteiger partial charge on any atom is 0.150 e. The average Bonchev–Trinajstić information content (AvgIpc) is 2.28. The van der Waals surface area contributed by atoms with Gasteiger partial charge in [0.1, 0.15) is 15.7 Å². The molecule has 102 valence electrons. The van der Waals surface area contributed by atoms with Crippen LogP contribution in [0.4, 0.5) is 4.39 Å². The number of hydrogen-bond acceptors (Lipinski definition) is 3. The number of hydrogen-bond donors (Lipinski definition) is 1. The molecule has 0 radical (unpaired) electrons. The van der Waals surface area contributed by atoms with E-state index >= 15 is 0 Å². The summed E-state index contributed by atoms with van der Waals surface area (Å²) >= 11 is 3.13. The van der Waals surface area contributed by atoms with Crippen molar-refractivity contribution in [2.24, 2.45) is 0 Å². The molecule has 18 heavy (non-hydrogen) atoms. The van der Waals surface area contributed by atoms with Gasteiger partial charge in [-0.1, -0.05) is 28.9 Å². The van der Waals surface area contributed by atoms with Crippen molar-refractivity contribution >= 4 is 25.8 Å². The largest absolute Gasteiger partial charge is 0.388 e. The molecule has 0 saturated carbocycles. The molecule has 6 heteroatoms.